The van der Waals surface area contributed by atoms with Crippen molar-refractivity contribution in [1.29, 1.82) is 0 Å². The fourth-order valence-corrected chi connectivity index (χ4v) is 3.12. The molecule has 2 aromatic carbocycles. The van der Waals surface area contributed by atoms with Gasteiger partial charge < -0.3 is 25.8 Å². The maximum atomic E-state index is 13.1. The van der Waals surface area contributed by atoms with Gasteiger partial charge in [-0.05, 0) is 61.1 Å². The Morgan fingerprint density at radius 3 is 2.63 bits per heavy atom. The number of benzene rings is 2. The molecule has 0 bridgehead atoms. The van der Waals surface area contributed by atoms with Crippen LogP contribution in [0.5, 0.6) is 11.5 Å². The summed E-state index contributed by atoms with van der Waals surface area (Å²) >= 11 is 5.22. The molecule has 27 heavy (non-hydrogen) atoms. The summed E-state index contributed by atoms with van der Waals surface area (Å²) in [4.78, 5) is 12.9. The second-order valence-electron chi connectivity index (χ2n) is 5.96. The summed E-state index contributed by atoms with van der Waals surface area (Å²) in [6, 6.07) is 9.77. The van der Waals surface area contributed by atoms with Crippen LogP contribution in [0.25, 0.3) is 0 Å². The highest BCUT2D eigenvalue weighted by Gasteiger charge is 2.30. The summed E-state index contributed by atoms with van der Waals surface area (Å²) < 4.78 is 18.2. The quantitative estimate of drug-likeness (QED) is 0.604. The van der Waals surface area contributed by atoms with Crippen LogP contribution in [0.4, 0.5) is 10.1 Å². The highest BCUT2D eigenvalue weighted by Crippen LogP contribution is 2.33. The molecule has 1 aliphatic heterocycles. The van der Waals surface area contributed by atoms with Crippen LogP contribution in [0.1, 0.15) is 18.5 Å². The number of hydrogen-bond acceptors (Lipinski definition) is 4. The normalized spacial score (nSPS) is 16.4. The van der Waals surface area contributed by atoms with E-state index in [1.54, 1.807) is 19.1 Å². The Morgan fingerprint density at radius 2 is 1.96 bits per heavy atom. The maximum Gasteiger partial charge on any atom is 0.255 e. The van der Waals surface area contributed by atoms with E-state index >= 15 is 0 Å². The molecule has 1 aliphatic rings. The number of aromatic hydroxyl groups is 1. The summed E-state index contributed by atoms with van der Waals surface area (Å²) in [7, 11) is 1.45. The van der Waals surface area contributed by atoms with Crippen LogP contribution >= 0.6 is 12.2 Å². The maximum absolute atomic E-state index is 13.1. The van der Waals surface area contributed by atoms with Gasteiger partial charge >= 0.3 is 0 Å². The molecule has 0 aromatic heterocycles. The third kappa shape index (κ3) is 4.01. The second-order valence-corrected chi connectivity index (χ2v) is 6.37. The summed E-state index contributed by atoms with van der Waals surface area (Å²) in [6.45, 7) is 1.75. The lowest BCUT2D eigenvalue weighted by molar-refractivity contribution is -0.113. The fraction of sp³-hybridized carbons (Fsp3) is 0.158. The van der Waals surface area contributed by atoms with Crippen molar-refractivity contribution in [3.05, 3.63) is 65.1 Å². The molecule has 0 saturated carbocycles. The minimum Gasteiger partial charge on any atom is -0.504 e. The van der Waals surface area contributed by atoms with E-state index in [9.17, 15) is 14.3 Å². The Bertz CT molecular complexity index is 928. The molecule has 2 aromatic rings. The van der Waals surface area contributed by atoms with Crippen molar-refractivity contribution >= 4 is 28.9 Å². The fourth-order valence-electron chi connectivity index (χ4n) is 2.85. The van der Waals surface area contributed by atoms with Crippen molar-refractivity contribution in [2.75, 3.05) is 12.4 Å². The number of hydrogen-bond donors (Lipinski definition) is 4. The molecule has 0 unspecified atom stereocenters. The van der Waals surface area contributed by atoms with Gasteiger partial charge in [0.15, 0.2) is 16.6 Å². The lowest BCUT2D eigenvalue weighted by atomic mass is 9.94. The molecule has 3 rings (SSSR count). The minimum absolute atomic E-state index is 0.00391. The van der Waals surface area contributed by atoms with Gasteiger partial charge in [-0.15, -0.1) is 0 Å². The van der Waals surface area contributed by atoms with Crippen molar-refractivity contribution in [2.24, 2.45) is 0 Å². The average molecular weight is 387 g/mol. The third-order valence-electron chi connectivity index (χ3n) is 4.15. The SMILES string of the molecule is COc1cc([C@@H]2NC(=S)NC(C)=C2C(=O)Nc2ccc(F)cc2)ccc1O. The lowest BCUT2D eigenvalue weighted by Gasteiger charge is -2.30. The number of allylic oxidation sites excluding steroid dienone is 1. The molecule has 4 N–H and O–H groups in total. The van der Waals surface area contributed by atoms with Crippen LogP contribution < -0.4 is 20.7 Å². The number of phenolic OH excluding ortho intramolecular Hbond substituents is 1. The molecule has 6 nitrogen and oxygen atoms in total. The number of nitrogens with one attached hydrogen (secondary N) is 3. The first-order valence-electron chi connectivity index (χ1n) is 8.11. The largest absolute Gasteiger partial charge is 0.504 e. The number of rotatable bonds is 4. The van der Waals surface area contributed by atoms with Gasteiger partial charge in [0.25, 0.3) is 5.91 Å². The van der Waals surface area contributed by atoms with Crippen molar-refractivity contribution < 1.29 is 19.0 Å². The van der Waals surface area contributed by atoms with E-state index in [1.165, 1.54) is 37.4 Å². The molecule has 0 radical (unpaired) electrons. The molecular weight excluding hydrogens is 369 g/mol. The molecule has 1 amide bonds. The molecule has 0 saturated heterocycles. The molecule has 0 aliphatic carbocycles. The van der Waals surface area contributed by atoms with Crippen molar-refractivity contribution in [1.82, 2.24) is 10.6 Å². The average Bonchev–Trinajstić information content (AvgIpc) is 2.63. The van der Waals surface area contributed by atoms with Gasteiger partial charge in [-0.3, -0.25) is 4.79 Å². The first-order valence-corrected chi connectivity index (χ1v) is 8.52. The zero-order chi connectivity index (χ0) is 19.6. The number of carbonyl (C=O) groups excluding carboxylic acids is 1. The van der Waals surface area contributed by atoms with Gasteiger partial charge in [0.2, 0.25) is 0 Å². The van der Waals surface area contributed by atoms with Crippen LogP contribution in [0.2, 0.25) is 0 Å². The molecule has 8 heteroatoms. The zero-order valence-corrected chi connectivity index (χ0v) is 15.5. The first-order chi connectivity index (χ1) is 12.9. The minimum atomic E-state index is -0.548. The van der Waals surface area contributed by atoms with Gasteiger partial charge in [0.05, 0.1) is 18.7 Å². The van der Waals surface area contributed by atoms with Gasteiger partial charge in [-0.25, -0.2) is 4.39 Å². The van der Waals surface area contributed by atoms with Crippen LogP contribution in [0.3, 0.4) is 0 Å². The third-order valence-corrected chi connectivity index (χ3v) is 4.37. The number of thiocarbonyl (C=S) groups is 1. The second kappa shape index (κ2) is 7.63. The predicted molar refractivity (Wildman–Crippen MR) is 104 cm³/mol. The number of anilines is 1. The summed E-state index contributed by atoms with van der Waals surface area (Å²) in [5.74, 6) is -0.465. The zero-order valence-electron chi connectivity index (χ0n) is 14.7. The summed E-state index contributed by atoms with van der Waals surface area (Å²) in [6.07, 6.45) is 0. The number of ether oxygens (including phenoxy) is 1. The van der Waals surface area contributed by atoms with E-state index in [0.29, 0.717) is 27.6 Å². The van der Waals surface area contributed by atoms with Gasteiger partial charge in [-0.1, -0.05) is 6.07 Å². The standard InChI is InChI=1S/C19H18FN3O3S/c1-10-16(18(25)22-13-6-4-12(20)5-7-13)17(23-19(27)21-10)11-3-8-14(24)15(9-11)26-2/h3-9,17,24H,1-2H3,(H,22,25)(H2,21,23,27)/t17-/m0/s1. The Kier molecular flexibility index (Phi) is 5.27. The summed E-state index contributed by atoms with van der Waals surface area (Å²) in [5.41, 5.74) is 2.17. The molecular formula is C19H18FN3O3S. The smallest absolute Gasteiger partial charge is 0.255 e. The first kappa shape index (κ1) is 18.7. The van der Waals surface area contributed by atoms with E-state index in [-0.39, 0.29) is 23.2 Å². The van der Waals surface area contributed by atoms with Crippen LogP contribution in [-0.2, 0) is 4.79 Å². The Hall–Kier alpha value is -3.13. The Morgan fingerprint density at radius 1 is 1.26 bits per heavy atom. The summed E-state index contributed by atoms with van der Waals surface area (Å²) in [5, 5.41) is 19.0. The highest BCUT2D eigenvalue weighted by atomic mass is 32.1. The number of methoxy groups -OCH3 is 1. The highest BCUT2D eigenvalue weighted by molar-refractivity contribution is 7.80. The number of amides is 1. The van der Waals surface area contributed by atoms with E-state index in [0.717, 1.165) is 0 Å². The Labute approximate surface area is 161 Å². The van der Waals surface area contributed by atoms with Crippen molar-refractivity contribution in [2.45, 2.75) is 13.0 Å². The predicted octanol–water partition coefficient (Wildman–Crippen LogP) is 2.97. The van der Waals surface area contributed by atoms with Gasteiger partial charge in [0.1, 0.15) is 5.82 Å². The van der Waals surface area contributed by atoms with Gasteiger partial charge in [0, 0.05) is 11.4 Å². The molecule has 140 valence electrons. The Balaban J connectivity index is 1.96. The monoisotopic (exact) mass is 387 g/mol. The van der Waals surface area contributed by atoms with Crippen molar-refractivity contribution in [3.8, 4) is 11.5 Å². The van der Waals surface area contributed by atoms with Gasteiger partial charge in [-0.2, -0.15) is 0 Å². The lowest BCUT2D eigenvalue weighted by Crippen LogP contribution is -2.45. The molecule has 0 spiro atoms. The molecule has 1 atom stereocenters. The molecule has 0 fully saturated rings. The van der Waals surface area contributed by atoms with E-state index in [1.807, 2.05) is 0 Å². The van der Waals surface area contributed by atoms with Crippen molar-refractivity contribution in [3.63, 3.8) is 0 Å². The van der Waals surface area contributed by atoms with E-state index in [4.69, 9.17) is 17.0 Å². The molecule has 1 heterocycles. The number of phenols is 1. The van der Waals surface area contributed by atoms with E-state index < -0.39 is 6.04 Å². The van der Waals surface area contributed by atoms with Crippen LogP contribution in [0, 0.1) is 5.82 Å². The van der Waals surface area contributed by atoms with E-state index in [2.05, 4.69) is 16.0 Å². The van der Waals surface area contributed by atoms with Crippen LogP contribution in [0.15, 0.2) is 53.7 Å². The van der Waals surface area contributed by atoms with Crippen LogP contribution in [-0.4, -0.2) is 23.2 Å². The topological polar surface area (TPSA) is 82.6 Å². The number of halogens is 1. The number of carbonyl (C=O) groups is 1.